The van der Waals surface area contributed by atoms with Crippen molar-refractivity contribution < 1.29 is 33.0 Å². The van der Waals surface area contributed by atoms with E-state index >= 15 is 0 Å². The van der Waals surface area contributed by atoms with Gasteiger partial charge in [-0.05, 0) is 50.1 Å². The molecule has 2 aromatic carbocycles. The monoisotopic (exact) mass is 438 g/mol. The maximum absolute atomic E-state index is 13.1. The van der Waals surface area contributed by atoms with E-state index < -0.39 is 5.60 Å². The van der Waals surface area contributed by atoms with Gasteiger partial charge in [-0.1, -0.05) is 6.07 Å². The van der Waals surface area contributed by atoms with E-state index in [-0.39, 0.29) is 25.6 Å². The van der Waals surface area contributed by atoms with Crippen molar-refractivity contribution in [2.45, 2.75) is 51.8 Å². The molecule has 32 heavy (non-hydrogen) atoms. The Hall–Kier alpha value is -2.93. The molecule has 0 fully saturated rings. The van der Waals surface area contributed by atoms with Crippen LogP contribution in [0, 0.1) is 0 Å². The van der Waals surface area contributed by atoms with Gasteiger partial charge in [0.25, 0.3) is 0 Å². The molecule has 0 aliphatic carbocycles. The molecule has 6 rings (SSSR count). The van der Waals surface area contributed by atoms with Gasteiger partial charge in [-0.3, -0.25) is 0 Å². The van der Waals surface area contributed by atoms with Gasteiger partial charge < -0.3 is 28.2 Å². The third-order valence-electron chi connectivity index (χ3n) is 6.97. The van der Waals surface area contributed by atoms with Crippen molar-refractivity contribution in [3.63, 3.8) is 0 Å². The zero-order valence-corrected chi connectivity index (χ0v) is 18.7. The van der Waals surface area contributed by atoms with Gasteiger partial charge in [-0.15, -0.1) is 0 Å². The Morgan fingerprint density at radius 2 is 1.78 bits per heavy atom. The molecule has 7 heteroatoms. The van der Waals surface area contributed by atoms with E-state index in [0.717, 1.165) is 47.9 Å². The second-order valence-electron chi connectivity index (χ2n) is 10.2. The summed E-state index contributed by atoms with van der Waals surface area (Å²) in [7, 11) is 0. The highest BCUT2D eigenvalue weighted by atomic mass is 16.7. The number of carbonyl (C=O) groups is 1. The van der Waals surface area contributed by atoms with Crippen LogP contribution in [0.3, 0.4) is 0 Å². The van der Waals surface area contributed by atoms with Gasteiger partial charge in [-0.2, -0.15) is 0 Å². The molecule has 2 atom stereocenters. The highest BCUT2D eigenvalue weighted by molar-refractivity contribution is 5.71. The Labute approximate surface area is 187 Å². The summed E-state index contributed by atoms with van der Waals surface area (Å²) in [6, 6.07) is 8.52. The lowest BCUT2D eigenvalue weighted by Gasteiger charge is -2.50. The first-order valence-electron chi connectivity index (χ1n) is 11.2. The average molecular weight is 439 g/mol. The van der Waals surface area contributed by atoms with Crippen molar-refractivity contribution in [3.8, 4) is 23.0 Å². The quantitative estimate of drug-likeness (QED) is 0.527. The third-order valence-corrected chi connectivity index (χ3v) is 6.97. The van der Waals surface area contributed by atoms with Crippen LogP contribution in [0.1, 0.15) is 49.1 Å². The molecule has 2 aromatic rings. The van der Waals surface area contributed by atoms with Gasteiger partial charge in [0.2, 0.25) is 13.6 Å². The summed E-state index contributed by atoms with van der Waals surface area (Å²) in [5.41, 5.74) is 4.41. The van der Waals surface area contributed by atoms with Crippen molar-refractivity contribution >= 4 is 5.97 Å². The van der Waals surface area contributed by atoms with Crippen LogP contribution in [-0.2, 0) is 28.9 Å². The molecular weight excluding hydrogens is 410 g/mol. The average Bonchev–Trinajstić information content (AvgIpc) is 3.38. The zero-order valence-electron chi connectivity index (χ0n) is 18.7. The topological polar surface area (TPSA) is 63.2 Å². The van der Waals surface area contributed by atoms with Crippen LogP contribution in [0.25, 0.3) is 0 Å². The molecular formula is C25H28NO6+. The Morgan fingerprint density at radius 1 is 1.03 bits per heavy atom. The van der Waals surface area contributed by atoms with E-state index in [9.17, 15) is 4.79 Å². The van der Waals surface area contributed by atoms with Crippen LogP contribution >= 0.6 is 0 Å². The lowest BCUT2D eigenvalue weighted by atomic mass is 9.81. The lowest BCUT2D eigenvalue weighted by molar-refractivity contribution is -0.967. The minimum Gasteiger partial charge on any atom is -0.456 e. The summed E-state index contributed by atoms with van der Waals surface area (Å²) >= 11 is 0. The van der Waals surface area contributed by atoms with E-state index in [1.165, 1.54) is 16.7 Å². The van der Waals surface area contributed by atoms with Gasteiger partial charge in [0.05, 0.1) is 12.1 Å². The van der Waals surface area contributed by atoms with Crippen LogP contribution in [-0.4, -0.2) is 42.7 Å². The van der Waals surface area contributed by atoms with Crippen molar-refractivity contribution in [1.82, 2.24) is 0 Å². The van der Waals surface area contributed by atoms with Crippen molar-refractivity contribution in [2.75, 3.05) is 26.7 Å². The second kappa shape index (κ2) is 6.78. The molecule has 0 spiro atoms. The number of nitrogens with zero attached hydrogens (tertiary/aromatic N) is 1. The summed E-state index contributed by atoms with van der Waals surface area (Å²) in [5, 5.41) is 0. The summed E-state index contributed by atoms with van der Waals surface area (Å²) in [6.07, 6.45) is 1.69. The minimum absolute atomic E-state index is 0.133. The zero-order chi connectivity index (χ0) is 22.1. The summed E-state index contributed by atoms with van der Waals surface area (Å²) in [4.78, 5) is 13.1. The molecule has 7 nitrogen and oxygen atoms in total. The first kappa shape index (κ1) is 19.7. The highest BCUT2D eigenvalue weighted by Gasteiger charge is 2.49. The first-order valence-corrected chi connectivity index (χ1v) is 11.2. The molecule has 0 aromatic heterocycles. The van der Waals surface area contributed by atoms with Crippen LogP contribution in [0.5, 0.6) is 23.0 Å². The van der Waals surface area contributed by atoms with E-state index in [1.54, 1.807) is 0 Å². The number of quaternary nitrogens is 1. The number of ether oxygens (including phenoxy) is 5. The summed E-state index contributed by atoms with van der Waals surface area (Å²) in [5.74, 6) is 3.06. The van der Waals surface area contributed by atoms with Crippen LogP contribution in [0.2, 0.25) is 0 Å². The van der Waals surface area contributed by atoms with Gasteiger partial charge >= 0.3 is 5.97 Å². The summed E-state index contributed by atoms with van der Waals surface area (Å²) < 4.78 is 29.2. The fourth-order valence-corrected chi connectivity index (χ4v) is 5.65. The van der Waals surface area contributed by atoms with Crippen molar-refractivity contribution in [2.24, 2.45) is 0 Å². The summed E-state index contributed by atoms with van der Waals surface area (Å²) in [6.45, 7) is 8.12. The number of rotatable bonds is 2. The molecule has 4 heterocycles. The van der Waals surface area contributed by atoms with Crippen LogP contribution in [0.4, 0.5) is 0 Å². The van der Waals surface area contributed by atoms with Gasteiger partial charge in [0.1, 0.15) is 18.2 Å². The Bertz CT molecular complexity index is 1120. The largest absolute Gasteiger partial charge is 0.456 e. The molecule has 0 bridgehead atoms. The smallest absolute Gasteiger partial charge is 0.362 e. The normalized spacial score (nSPS) is 24.4. The predicted octanol–water partition coefficient (Wildman–Crippen LogP) is 3.66. The number of hydrogen-bond acceptors (Lipinski definition) is 6. The number of fused-ring (bicyclic) bond motifs is 7. The third kappa shape index (κ3) is 3.10. The van der Waals surface area contributed by atoms with E-state index in [1.807, 2.05) is 26.8 Å². The fraction of sp³-hybridized carbons (Fsp3) is 0.480. The van der Waals surface area contributed by atoms with Gasteiger partial charge in [0.15, 0.2) is 29.5 Å². The number of hydrogen-bond donors (Lipinski definition) is 0. The minimum atomic E-state index is -0.517. The Morgan fingerprint density at radius 3 is 2.59 bits per heavy atom. The Kier molecular flexibility index (Phi) is 4.18. The van der Waals surface area contributed by atoms with Crippen LogP contribution in [0.15, 0.2) is 24.3 Å². The molecule has 0 saturated heterocycles. The second-order valence-corrected chi connectivity index (χ2v) is 10.2. The van der Waals surface area contributed by atoms with Gasteiger partial charge in [-0.25, -0.2) is 4.79 Å². The standard InChI is InChI=1S/C25H28NO6/c1-25(2,3)32-23(27)12-26-7-6-16-9-21-22(30-13-29-21)10-17(16)19(26)8-15-4-5-20-24(18(15)11-26)31-14-28-20/h4-5,9-10,19H,6-8,11-14H2,1-3H3/q+1. The molecule has 0 saturated carbocycles. The lowest BCUT2D eigenvalue weighted by Crippen LogP contribution is -2.59. The highest BCUT2D eigenvalue weighted by Crippen LogP contribution is 2.51. The number of esters is 1. The van der Waals surface area contributed by atoms with Gasteiger partial charge in [0, 0.05) is 18.4 Å². The molecule has 0 N–H and O–H groups in total. The molecule has 4 aliphatic heterocycles. The fourth-order valence-electron chi connectivity index (χ4n) is 5.65. The molecule has 0 radical (unpaired) electrons. The van der Waals surface area contributed by atoms with E-state index in [0.29, 0.717) is 17.6 Å². The van der Waals surface area contributed by atoms with Crippen molar-refractivity contribution in [1.29, 1.82) is 0 Å². The maximum Gasteiger partial charge on any atom is 0.362 e. The van der Waals surface area contributed by atoms with Crippen molar-refractivity contribution in [3.05, 3.63) is 46.5 Å². The first-order chi connectivity index (χ1) is 15.3. The number of carbonyl (C=O) groups excluding carboxylic acids is 1. The van der Waals surface area contributed by atoms with Crippen LogP contribution < -0.4 is 18.9 Å². The predicted molar refractivity (Wildman–Crippen MR) is 115 cm³/mol. The molecule has 4 aliphatic rings. The molecule has 0 amide bonds. The van der Waals surface area contributed by atoms with E-state index in [2.05, 4.69) is 18.2 Å². The number of benzene rings is 2. The SMILES string of the molecule is CC(C)(C)OC(=O)C[N+]12CCc3cc4c(cc3C1Cc1ccc3c(c1C2)OCO3)OCO4. The molecule has 168 valence electrons. The molecule has 2 unspecified atom stereocenters. The Balaban J connectivity index is 1.45. The maximum atomic E-state index is 13.1. The van der Waals surface area contributed by atoms with E-state index in [4.69, 9.17) is 23.7 Å².